The van der Waals surface area contributed by atoms with E-state index in [0.29, 0.717) is 5.56 Å². The molecule has 0 fully saturated rings. The first-order valence-electron chi connectivity index (χ1n) is 10.1. The number of para-hydroxylation sites is 1. The Morgan fingerprint density at radius 1 is 0.967 bits per heavy atom. The van der Waals surface area contributed by atoms with Crippen molar-refractivity contribution in [1.29, 1.82) is 0 Å². The van der Waals surface area contributed by atoms with Crippen molar-refractivity contribution in [2.45, 2.75) is 47.1 Å². The van der Waals surface area contributed by atoms with Crippen molar-refractivity contribution in [3.8, 4) is 0 Å². The molecule has 0 aliphatic rings. The quantitative estimate of drug-likeness (QED) is 0.419. The SMILES string of the molecule is CCc1cccc(C)c1NC(=S)NNC(=O)[C@@H](NC(=O)c1ccccc1C)C(C)C. The Bertz CT molecular complexity index is 927. The van der Waals surface area contributed by atoms with Crippen LogP contribution >= 0.6 is 12.2 Å². The summed E-state index contributed by atoms with van der Waals surface area (Å²) in [5.74, 6) is -0.754. The minimum Gasteiger partial charge on any atom is -0.340 e. The van der Waals surface area contributed by atoms with Crippen LogP contribution in [0, 0.1) is 19.8 Å². The lowest BCUT2D eigenvalue weighted by Gasteiger charge is -2.23. The summed E-state index contributed by atoms with van der Waals surface area (Å²) in [4.78, 5) is 25.3. The molecule has 0 saturated heterocycles. The zero-order chi connectivity index (χ0) is 22.3. The van der Waals surface area contributed by atoms with Gasteiger partial charge in [-0.1, -0.05) is 57.2 Å². The third-order valence-electron chi connectivity index (χ3n) is 4.90. The summed E-state index contributed by atoms with van der Waals surface area (Å²) >= 11 is 5.33. The fourth-order valence-corrected chi connectivity index (χ4v) is 3.28. The Morgan fingerprint density at radius 3 is 2.27 bits per heavy atom. The number of hydrazine groups is 1. The minimum atomic E-state index is -0.711. The Morgan fingerprint density at radius 2 is 1.63 bits per heavy atom. The molecule has 0 spiro atoms. The summed E-state index contributed by atoms with van der Waals surface area (Å²) in [6.07, 6.45) is 0.860. The molecule has 4 N–H and O–H groups in total. The number of anilines is 1. The van der Waals surface area contributed by atoms with Gasteiger partial charge in [0.25, 0.3) is 11.8 Å². The molecule has 2 rings (SSSR count). The second-order valence-electron chi connectivity index (χ2n) is 7.54. The molecule has 0 unspecified atom stereocenters. The van der Waals surface area contributed by atoms with Crippen LogP contribution in [-0.4, -0.2) is 23.0 Å². The molecule has 1 atom stereocenters. The highest BCUT2D eigenvalue weighted by Crippen LogP contribution is 2.20. The Hall–Kier alpha value is -2.93. The van der Waals surface area contributed by atoms with Crippen LogP contribution in [0.3, 0.4) is 0 Å². The topological polar surface area (TPSA) is 82.3 Å². The first kappa shape index (κ1) is 23.3. The molecule has 6 nitrogen and oxygen atoms in total. The number of carbonyl (C=O) groups is 2. The molecule has 30 heavy (non-hydrogen) atoms. The van der Waals surface area contributed by atoms with Gasteiger partial charge in [0.05, 0.1) is 0 Å². The summed E-state index contributed by atoms with van der Waals surface area (Å²) in [5, 5.41) is 6.24. The van der Waals surface area contributed by atoms with E-state index in [2.05, 4.69) is 28.4 Å². The lowest BCUT2D eigenvalue weighted by molar-refractivity contribution is -0.124. The number of hydrogen-bond donors (Lipinski definition) is 4. The molecule has 0 bridgehead atoms. The number of thiocarbonyl (C=S) groups is 1. The average molecular weight is 427 g/mol. The molecule has 160 valence electrons. The van der Waals surface area contributed by atoms with Crippen molar-refractivity contribution in [2.24, 2.45) is 5.92 Å². The largest absolute Gasteiger partial charge is 0.340 e. The highest BCUT2D eigenvalue weighted by Gasteiger charge is 2.25. The van der Waals surface area contributed by atoms with Gasteiger partial charge in [-0.05, 0) is 61.2 Å². The number of amides is 2. The number of benzene rings is 2. The summed E-state index contributed by atoms with van der Waals surface area (Å²) in [6, 6.07) is 12.6. The lowest BCUT2D eigenvalue weighted by Crippen LogP contribution is -2.55. The van der Waals surface area contributed by atoms with Crippen LogP contribution < -0.4 is 21.5 Å². The zero-order valence-corrected chi connectivity index (χ0v) is 18.9. The van der Waals surface area contributed by atoms with E-state index in [-0.39, 0.29) is 22.8 Å². The van der Waals surface area contributed by atoms with Gasteiger partial charge in [-0.2, -0.15) is 0 Å². The fourth-order valence-electron chi connectivity index (χ4n) is 3.12. The minimum absolute atomic E-state index is 0.107. The fraction of sp³-hybridized carbons (Fsp3) is 0.348. The van der Waals surface area contributed by atoms with Crippen LogP contribution in [0.4, 0.5) is 5.69 Å². The smallest absolute Gasteiger partial charge is 0.261 e. The number of carbonyl (C=O) groups excluding carboxylic acids is 2. The van der Waals surface area contributed by atoms with E-state index < -0.39 is 6.04 Å². The van der Waals surface area contributed by atoms with Gasteiger partial charge >= 0.3 is 0 Å². The Labute approximate surface area is 183 Å². The molecule has 0 aliphatic heterocycles. The predicted molar refractivity (Wildman–Crippen MR) is 125 cm³/mol. The van der Waals surface area contributed by atoms with E-state index in [1.54, 1.807) is 12.1 Å². The molecule has 2 aromatic carbocycles. The van der Waals surface area contributed by atoms with Gasteiger partial charge in [-0.25, -0.2) is 0 Å². The van der Waals surface area contributed by atoms with E-state index in [0.717, 1.165) is 28.8 Å². The van der Waals surface area contributed by atoms with Crippen molar-refractivity contribution in [3.05, 3.63) is 64.7 Å². The van der Waals surface area contributed by atoms with Gasteiger partial charge in [0.2, 0.25) is 0 Å². The second kappa shape index (κ2) is 10.7. The van der Waals surface area contributed by atoms with E-state index in [9.17, 15) is 9.59 Å². The summed E-state index contributed by atoms with van der Waals surface area (Å²) in [7, 11) is 0. The van der Waals surface area contributed by atoms with Crippen molar-refractivity contribution in [3.63, 3.8) is 0 Å². The number of aryl methyl sites for hydroxylation is 3. The maximum Gasteiger partial charge on any atom is 0.261 e. The summed E-state index contributed by atoms with van der Waals surface area (Å²) in [5.41, 5.74) is 9.88. The van der Waals surface area contributed by atoms with Crippen LogP contribution in [0.15, 0.2) is 42.5 Å². The van der Waals surface area contributed by atoms with Crippen molar-refractivity contribution >= 4 is 34.8 Å². The third kappa shape index (κ3) is 6.03. The molecule has 0 radical (unpaired) electrons. The van der Waals surface area contributed by atoms with Gasteiger partial charge in [0, 0.05) is 11.3 Å². The first-order chi connectivity index (χ1) is 14.2. The molecule has 2 aromatic rings. The lowest BCUT2D eigenvalue weighted by atomic mass is 10.0. The summed E-state index contributed by atoms with van der Waals surface area (Å²) < 4.78 is 0. The standard InChI is InChI=1S/C23H30N4O2S/c1-6-17-12-9-11-16(5)20(17)25-23(30)27-26-22(29)19(14(2)3)24-21(28)18-13-8-7-10-15(18)4/h7-14,19H,6H2,1-5H3,(H,24,28)(H,26,29)(H2,25,27,30)/t19-/m0/s1. The van der Waals surface area contributed by atoms with Crippen LogP contribution in [-0.2, 0) is 11.2 Å². The van der Waals surface area contributed by atoms with E-state index in [1.807, 2.05) is 58.0 Å². The molecule has 2 amide bonds. The van der Waals surface area contributed by atoms with Crippen LogP contribution in [0.5, 0.6) is 0 Å². The van der Waals surface area contributed by atoms with Gasteiger partial charge < -0.3 is 10.6 Å². The highest BCUT2D eigenvalue weighted by molar-refractivity contribution is 7.80. The normalized spacial score (nSPS) is 11.5. The van der Waals surface area contributed by atoms with Gasteiger partial charge in [0.1, 0.15) is 6.04 Å². The third-order valence-corrected chi connectivity index (χ3v) is 5.11. The molecule has 0 aliphatic carbocycles. The molecular weight excluding hydrogens is 396 g/mol. The molecule has 0 heterocycles. The number of rotatable bonds is 6. The first-order valence-corrected chi connectivity index (χ1v) is 10.5. The van der Waals surface area contributed by atoms with Gasteiger partial charge in [-0.15, -0.1) is 0 Å². The number of nitrogens with one attached hydrogen (secondary N) is 4. The number of hydrogen-bond acceptors (Lipinski definition) is 3. The second-order valence-corrected chi connectivity index (χ2v) is 7.95. The van der Waals surface area contributed by atoms with E-state index in [1.165, 1.54) is 0 Å². The van der Waals surface area contributed by atoms with Crippen molar-refractivity contribution < 1.29 is 9.59 Å². The average Bonchev–Trinajstić information content (AvgIpc) is 2.71. The predicted octanol–water partition coefficient (Wildman–Crippen LogP) is 3.64. The molecular formula is C23H30N4O2S. The molecule has 0 aromatic heterocycles. The molecule has 0 saturated carbocycles. The highest BCUT2D eigenvalue weighted by atomic mass is 32.1. The van der Waals surface area contributed by atoms with E-state index >= 15 is 0 Å². The molecule has 7 heteroatoms. The maximum absolute atomic E-state index is 12.7. The van der Waals surface area contributed by atoms with Crippen molar-refractivity contribution in [1.82, 2.24) is 16.2 Å². The van der Waals surface area contributed by atoms with E-state index in [4.69, 9.17) is 12.2 Å². The van der Waals surface area contributed by atoms with Gasteiger partial charge in [-0.3, -0.25) is 20.4 Å². The Balaban J connectivity index is 1.99. The van der Waals surface area contributed by atoms with Crippen LogP contribution in [0.1, 0.15) is 47.8 Å². The maximum atomic E-state index is 12.7. The van der Waals surface area contributed by atoms with Crippen LogP contribution in [0.25, 0.3) is 0 Å². The monoisotopic (exact) mass is 426 g/mol. The van der Waals surface area contributed by atoms with Crippen molar-refractivity contribution in [2.75, 3.05) is 5.32 Å². The van der Waals surface area contributed by atoms with Crippen LogP contribution in [0.2, 0.25) is 0 Å². The Kier molecular flexibility index (Phi) is 8.35. The summed E-state index contributed by atoms with van der Waals surface area (Å²) in [6.45, 7) is 9.68. The zero-order valence-electron chi connectivity index (χ0n) is 18.1. The van der Waals surface area contributed by atoms with Gasteiger partial charge in [0.15, 0.2) is 5.11 Å².